The van der Waals surface area contributed by atoms with Crippen molar-refractivity contribution in [2.45, 2.75) is 20.8 Å². The number of aryl methyl sites for hydroxylation is 3. The first-order chi connectivity index (χ1) is 12.0. The van der Waals surface area contributed by atoms with E-state index < -0.39 is 0 Å². The number of fused-ring (bicyclic) bond motifs is 1. The van der Waals surface area contributed by atoms with Crippen LogP contribution in [0.25, 0.3) is 5.65 Å². The number of ether oxygens (including phenoxy) is 1. The third-order valence-electron chi connectivity index (χ3n) is 3.51. The highest BCUT2D eigenvalue weighted by Crippen LogP contribution is 2.13. The van der Waals surface area contributed by atoms with Crippen molar-refractivity contribution >= 4 is 17.4 Å². The monoisotopic (exact) mass is 340 g/mol. The highest BCUT2D eigenvalue weighted by molar-refractivity contribution is 5.89. The molecule has 1 aromatic carbocycles. The van der Waals surface area contributed by atoms with E-state index in [9.17, 15) is 4.79 Å². The summed E-state index contributed by atoms with van der Waals surface area (Å²) >= 11 is 0. The minimum atomic E-state index is -0.272. The fourth-order valence-electron chi connectivity index (χ4n) is 2.50. The smallest absolute Gasteiger partial charge is 0.319 e. The Morgan fingerprint density at radius 3 is 2.64 bits per heavy atom. The molecule has 25 heavy (non-hydrogen) atoms. The Morgan fingerprint density at radius 2 is 1.88 bits per heavy atom. The third kappa shape index (κ3) is 4.23. The van der Waals surface area contributed by atoms with Crippen LogP contribution in [0.1, 0.15) is 17.0 Å². The maximum absolute atomic E-state index is 11.9. The van der Waals surface area contributed by atoms with Crippen molar-refractivity contribution in [3.8, 4) is 5.88 Å². The highest BCUT2D eigenvalue weighted by atomic mass is 16.5. The number of rotatable bonds is 5. The van der Waals surface area contributed by atoms with Crippen LogP contribution in [0, 0.1) is 20.8 Å². The molecule has 3 rings (SSSR count). The molecule has 8 nitrogen and oxygen atoms in total. The summed E-state index contributed by atoms with van der Waals surface area (Å²) in [6, 6.07) is 9.12. The zero-order valence-corrected chi connectivity index (χ0v) is 14.4. The Balaban J connectivity index is 1.47. The zero-order valence-electron chi connectivity index (χ0n) is 14.4. The summed E-state index contributed by atoms with van der Waals surface area (Å²) in [5, 5.41) is 17.7. The highest BCUT2D eigenvalue weighted by Gasteiger charge is 2.05. The van der Waals surface area contributed by atoms with Gasteiger partial charge in [0.2, 0.25) is 5.88 Å². The van der Waals surface area contributed by atoms with Crippen LogP contribution < -0.4 is 15.4 Å². The van der Waals surface area contributed by atoms with Crippen molar-refractivity contribution in [1.29, 1.82) is 0 Å². The summed E-state index contributed by atoms with van der Waals surface area (Å²) in [7, 11) is 0. The molecule has 0 unspecified atom stereocenters. The molecule has 0 atom stereocenters. The van der Waals surface area contributed by atoms with Crippen LogP contribution in [0.3, 0.4) is 0 Å². The molecule has 8 heteroatoms. The van der Waals surface area contributed by atoms with Crippen molar-refractivity contribution in [2.75, 3.05) is 18.5 Å². The Morgan fingerprint density at radius 1 is 1.12 bits per heavy atom. The lowest BCUT2D eigenvalue weighted by Gasteiger charge is -2.10. The molecule has 0 radical (unpaired) electrons. The number of hydrogen-bond acceptors (Lipinski definition) is 5. The van der Waals surface area contributed by atoms with Gasteiger partial charge in [0.05, 0.1) is 6.54 Å². The first kappa shape index (κ1) is 16.7. The van der Waals surface area contributed by atoms with Crippen LogP contribution in [0.4, 0.5) is 10.5 Å². The van der Waals surface area contributed by atoms with Gasteiger partial charge in [-0.3, -0.25) is 0 Å². The van der Waals surface area contributed by atoms with Gasteiger partial charge in [-0.1, -0.05) is 6.07 Å². The lowest BCUT2D eigenvalue weighted by molar-refractivity contribution is 0.246. The fraction of sp³-hybridized carbons (Fsp3) is 0.294. The minimum Gasteiger partial charge on any atom is -0.475 e. The number of amides is 2. The Kier molecular flexibility index (Phi) is 4.78. The van der Waals surface area contributed by atoms with E-state index in [4.69, 9.17) is 4.74 Å². The van der Waals surface area contributed by atoms with Gasteiger partial charge in [0.15, 0.2) is 11.5 Å². The van der Waals surface area contributed by atoms with E-state index in [-0.39, 0.29) is 6.03 Å². The fourth-order valence-corrected chi connectivity index (χ4v) is 2.50. The van der Waals surface area contributed by atoms with Gasteiger partial charge >= 0.3 is 6.03 Å². The van der Waals surface area contributed by atoms with Crippen molar-refractivity contribution < 1.29 is 9.53 Å². The van der Waals surface area contributed by atoms with E-state index in [1.165, 1.54) is 0 Å². The lowest BCUT2D eigenvalue weighted by atomic mass is 10.1. The quantitative estimate of drug-likeness (QED) is 0.695. The van der Waals surface area contributed by atoms with E-state index >= 15 is 0 Å². The lowest BCUT2D eigenvalue weighted by Crippen LogP contribution is -2.32. The maximum Gasteiger partial charge on any atom is 0.319 e. The minimum absolute atomic E-state index is 0.272. The van der Waals surface area contributed by atoms with Gasteiger partial charge in [0, 0.05) is 11.8 Å². The van der Waals surface area contributed by atoms with Crippen LogP contribution in [0.5, 0.6) is 5.88 Å². The molecular formula is C17H20N6O2. The molecule has 130 valence electrons. The number of carbonyl (C=O) groups excluding carboxylic acids is 1. The topological polar surface area (TPSA) is 93.4 Å². The van der Waals surface area contributed by atoms with Gasteiger partial charge in [0.1, 0.15) is 6.61 Å². The van der Waals surface area contributed by atoms with Crippen molar-refractivity contribution in [2.24, 2.45) is 0 Å². The standard InChI is InChI=1S/C17H20N6O2/c1-11-8-12(2)10-14(9-11)19-17(24)18-6-7-25-16-5-4-15-21-20-13(3)23(15)22-16/h4-5,8-10H,6-7H2,1-3H3,(H2,18,19,24). The SMILES string of the molecule is Cc1cc(C)cc(NC(=O)NCCOc2ccc3nnc(C)n3n2)c1. The predicted octanol–water partition coefficient (Wildman–Crippen LogP) is 2.25. The first-order valence-corrected chi connectivity index (χ1v) is 7.96. The summed E-state index contributed by atoms with van der Waals surface area (Å²) in [4.78, 5) is 11.9. The number of hydrogen-bond donors (Lipinski definition) is 2. The number of benzene rings is 1. The van der Waals surface area contributed by atoms with E-state index in [1.807, 2.05) is 32.9 Å². The summed E-state index contributed by atoms with van der Waals surface area (Å²) in [6.07, 6.45) is 0. The molecule has 2 N–H and O–H groups in total. The molecule has 0 saturated heterocycles. The molecule has 0 fully saturated rings. The van der Waals surface area contributed by atoms with Crippen molar-refractivity contribution in [3.63, 3.8) is 0 Å². The molecule has 2 amide bonds. The van der Waals surface area contributed by atoms with Crippen LogP contribution in [-0.2, 0) is 0 Å². The van der Waals surface area contributed by atoms with Crippen LogP contribution in [0.15, 0.2) is 30.3 Å². The number of anilines is 1. The average Bonchev–Trinajstić information content (AvgIpc) is 2.91. The molecule has 0 saturated carbocycles. The second-order valence-electron chi connectivity index (χ2n) is 5.79. The number of nitrogens with zero attached hydrogens (tertiary/aromatic N) is 4. The molecule has 2 aromatic heterocycles. The maximum atomic E-state index is 11.9. The summed E-state index contributed by atoms with van der Waals surface area (Å²) in [5.41, 5.74) is 3.63. The number of urea groups is 1. The first-order valence-electron chi connectivity index (χ1n) is 7.96. The second kappa shape index (κ2) is 7.16. The summed E-state index contributed by atoms with van der Waals surface area (Å²) < 4.78 is 7.15. The Hall–Kier alpha value is -3.16. The molecule has 0 aliphatic heterocycles. The third-order valence-corrected chi connectivity index (χ3v) is 3.51. The molecule has 0 aliphatic carbocycles. The van der Waals surface area contributed by atoms with Crippen LogP contribution in [-0.4, -0.2) is 39.0 Å². The average molecular weight is 340 g/mol. The van der Waals surface area contributed by atoms with Crippen molar-refractivity contribution in [3.05, 3.63) is 47.3 Å². The van der Waals surface area contributed by atoms with Gasteiger partial charge in [0.25, 0.3) is 0 Å². The molecule has 0 spiro atoms. The van der Waals surface area contributed by atoms with Gasteiger partial charge in [-0.25, -0.2) is 4.79 Å². The van der Waals surface area contributed by atoms with E-state index in [0.29, 0.717) is 30.5 Å². The Labute approximate surface area is 145 Å². The normalized spacial score (nSPS) is 10.7. The zero-order chi connectivity index (χ0) is 17.8. The summed E-state index contributed by atoms with van der Waals surface area (Å²) in [5.74, 6) is 1.14. The van der Waals surface area contributed by atoms with E-state index in [0.717, 1.165) is 16.8 Å². The number of aromatic nitrogens is 4. The van der Waals surface area contributed by atoms with Gasteiger partial charge in [-0.2, -0.15) is 4.52 Å². The van der Waals surface area contributed by atoms with Crippen LogP contribution >= 0.6 is 0 Å². The molecule has 2 heterocycles. The largest absolute Gasteiger partial charge is 0.475 e. The van der Waals surface area contributed by atoms with E-state index in [2.05, 4.69) is 32.0 Å². The molecule has 3 aromatic rings. The van der Waals surface area contributed by atoms with Crippen LogP contribution in [0.2, 0.25) is 0 Å². The predicted molar refractivity (Wildman–Crippen MR) is 94.0 cm³/mol. The van der Waals surface area contributed by atoms with E-state index in [1.54, 1.807) is 16.6 Å². The number of carbonyl (C=O) groups is 1. The number of nitrogens with one attached hydrogen (secondary N) is 2. The van der Waals surface area contributed by atoms with Gasteiger partial charge in [-0.05, 0) is 50.1 Å². The second-order valence-corrected chi connectivity index (χ2v) is 5.79. The van der Waals surface area contributed by atoms with Gasteiger partial charge in [-0.15, -0.1) is 15.3 Å². The molecular weight excluding hydrogens is 320 g/mol. The van der Waals surface area contributed by atoms with Crippen molar-refractivity contribution in [1.82, 2.24) is 25.1 Å². The molecule has 0 bridgehead atoms. The molecule has 0 aliphatic rings. The van der Waals surface area contributed by atoms with Gasteiger partial charge < -0.3 is 15.4 Å². The summed E-state index contributed by atoms with van der Waals surface area (Å²) in [6.45, 7) is 6.46. The Bertz CT molecular complexity index is 885.